The average molecular weight is 527 g/mol. The smallest absolute Gasteiger partial charge is 0.0738 e. The Morgan fingerprint density at radius 1 is 1.38 bits per heavy atom. The minimum atomic E-state index is 0.269. The third-order valence-electron chi connectivity index (χ3n) is 3.44. The summed E-state index contributed by atoms with van der Waals surface area (Å²) < 4.78 is 5.46. The lowest BCUT2D eigenvalue weighted by Crippen LogP contribution is -2.25. The van der Waals surface area contributed by atoms with Crippen molar-refractivity contribution in [3.8, 4) is 0 Å². The van der Waals surface area contributed by atoms with Gasteiger partial charge in [-0.3, -0.25) is 4.68 Å². The summed E-state index contributed by atoms with van der Waals surface area (Å²) in [6.45, 7) is 5.10. The molecule has 0 aliphatic carbocycles. The topological polar surface area (TPSA) is 29.9 Å². The van der Waals surface area contributed by atoms with E-state index >= 15 is 0 Å². The second-order valence-corrected chi connectivity index (χ2v) is 7.82. The van der Waals surface area contributed by atoms with E-state index in [2.05, 4.69) is 90.0 Å². The maximum absolute atomic E-state index is 4.49. The molecule has 21 heavy (non-hydrogen) atoms. The highest BCUT2D eigenvalue weighted by Crippen LogP contribution is 2.29. The highest BCUT2D eigenvalue weighted by molar-refractivity contribution is 14.1. The lowest BCUT2D eigenvalue weighted by Gasteiger charge is -2.20. The fourth-order valence-corrected chi connectivity index (χ4v) is 4.00. The van der Waals surface area contributed by atoms with Gasteiger partial charge in [0.05, 0.1) is 15.9 Å². The van der Waals surface area contributed by atoms with Gasteiger partial charge in [0.1, 0.15) is 0 Å². The summed E-state index contributed by atoms with van der Waals surface area (Å²) in [5.41, 5.74) is 3.57. The fourth-order valence-electron chi connectivity index (χ4n) is 2.42. The molecule has 0 aliphatic heterocycles. The van der Waals surface area contributed by atoms with E-state index in [0.29, 0.717) is 0 Å². The number of hydrogen-bond acceptors (Lipinski definition) is 2. The minimum absolute atomic E-state index is 0.269. The molecule has 114 valence electrons. The van der Waals surface area contributed by atoms with Crippen LogP contribution >= 0.6 is 54.5 Å². The van der Waals surface area contributed by atoms with Crippen molar-refractivity contribution in [3.05, 3.63) is 47.7 Å². The molecule has 0 saturated carbocycles. The van der Waals surface area contributed by atoms with Crippen molar-refractivity contribution in [1.82, 2.24) is 15.1 Å². The maximum Gasteiger partial charge on any atom is 0.0738 e. The number of halogens is 3. The van der Waals surface area contributed by atoms with Gasteiger partial charge in [-0.1, -0.05) is 22.9 Å². The molecule has 2 aromatic rings. The number of aryl methyl sites for hydroxylation is 2. The summed E-state index contributed by atoms with van der Waals surface area (Å²) in [7, 11) is 2.00. The van der Waals surface area contributed by atoms with Gasteiger partial charge in [-0.05, 0) is 75.8 Å². The van der Waals surface area contributed by atoms with Crippen molar-refractivity contribution in [3.63, 3.8) is 0 Å². The molecular weight excluding hydrogens is 509 g/mol. The molecule has 6 heteroatoms. The lowest BCUT2D eigenvalue weighted by molar-refractivity contribution is 0.526. The van der Waals surface area contributed by atoms with Gasteiger partial charge in [0, 0.05) is 27.6 Å². The third kappa shape index (κ3) is 4.09. The van der Waals surface area contributed by atoms with Gasteiger partial charge in [0.15, 0.2) is 0 Å². The Morgan fingerprint density at radius 2 is 2.10 bits per heavy atom. The first-order valence-corrected chi connectivity index (χ1v) is 9.46. The molecule has 0 fully saturated rings. The molecule has 0 spiro atoms. The summed E-state index contributed by atoms with van der Waals surface area (Å²) >= 11 is 9.64. The second-order valence-electron chi connectivity index (χ2n) is 4.95. The van der Waals surface area contributed by atoms with Crippen LogP contribution in [0.25, 0.3) is 0 Å². The number of aromatic nitrogens is 2. The van der Waals surface area contributed by atoms with Gasteiger partial charge in [0.2, 0.25) is 0 Å². The van der Waals surface area contributed by atoms with Crippen molar-refractivity contribution in [1.29, 1.82) is 0 Å². The minimum Gasteiger partial charge on any atom is -0.310 e. The molecular formula is C15H18Br2IN3. The Morgan fingerprint density at radius 3 is 2.67 bits per heavy atom. The Hall–Kier alpha value is 0.0800. The number of nitrogens with zero attached hydrogens (tertiary/aromatic N) is 2. The second kappa shape index (κ2) is 7.57. The van der Waals surface area contributed by atoms with Crippen molar-refractivity contribution < 1.29 is 0 Å². The fraction of sp³-hybridized carbons (Fsp3) is 0.400. The largest absolute Gasteiger partial charge is 0.310 e. The first kappa shape index (κ1) is 17.4. The van der Waals surface area contributed by atoms with Crippen LogP contribution in [0.1, 0.15) is 29.9 Å². The number of benzene rings is 1. The molecule has 1 aromatic carbocycles. The van der Waals surface area contributed by atoms with Gasteiger partial charge in [-0.15, -0.1) is 0 Å². The summed E-state index contributed by atoms with van der Waals surface area (Å²) in [5.74, 6) is 0. The molecule has 0 radical (unpaired) electrons. The predicted octanol–water partition coefficient (Wildman–Crippen LogP) is 4.75. The molecule has 1 aromatic heterocycles. The zero-order valence-corrected chi connectivity index (χ0v) is 17.6. The van der Waals surface area contributed by atoms with E-state index in [1.165, 1.54) is 14.8 Å². The summed E-state index contributed by atoms with van der Waals surface area (Å²) in [6, 6.07) is 6.70. The Bertz CT molecular complexity index is 640. The van der Waals surface area contributed by atoms with Crippen molar-refractivity contribution in [2.45, 2.75) is 26.3 Å². The van der Waals surface area contributed by atoms with E-state index in [0.717, 1.165) is 27.6 Å². The molecule has 1 atom stereocenters. The number of hydrogen-bond donors (Lipinski definition) is 1. The molecule has 3 nitrogen and oxygen atoms in total. The van der Waals surface area contributed by atoms with Crippen LogP contribution in [0, 0.1) is 10.5 Å². The predicted molar refractivity (Wildman–Crippen MR) is 103 cm³/mol. The van der Waals surface area contributed by atoms with Crippen molar-refractivity contribution >= 4 is 54.5 Å². The van der Waals surface area contributed by atoms with Gasteiger partial charge in [0.25, 0.3) is 0 Å². The van der Waals surface area contributed by atoms with E-state index in [1.54, 1.807) is 0 Å². The first-order valence-electron chi connectivity index (χ1n) is 6.80. The van der Waals surface area contributed by atoms with Crippen LogP contribution in [0.3, 0.4) is 0 Å². The van der Waals surface area contributed by atoms with Gasteiger partial charge in [-0.2, -0.15) is 5.10 Å². The van der Waals surface area contributed by atoms with E-state index in [9.17, 15) is 0 Å². The molecule has 1 N–H and O–H groups in total. The third-order valence-corrected chi connectivity index (χ3v) is 5.95. The highest BCUT2D eigenvalue weighted by Gasteiger charge is 2.19. The van der Waals surface area contributed by atoms with Crippen LogP contribution in [0.5, 0.6) is 0 Å². The molecule has 0 aliphatic rings. The molecule has 1 unspecified atom stereocenters. The molecule has 0 bridgehead atoms. The van der Waals surface area contributed by atoms with E-state index in [1.807, 2.05) is 18.7 Å². The number of likely N-dealkylation sites (N-methyl/N-ethyl adjacent to an activating group) is 1. The normalized spacial score (nSPS) is 12.7. The van der Waals surface area contributed by atoms with Crippen LogP contribution in [-0.2, 0) is 13.5 Å². The standard InChI is InChI=1S/C15H18Br2IN3/c1-4-19-13(11-7-10(16)5-6-12(11)18)8-14-15(17)9(2)20-21(14)3/h5-7,13,19H,4,8H2,1-3H3. The van der Waals surface area contributed by atoms with Crippen LogP contribution < -0.4 is 5.32 Å². The molecule has 0 amide bonds. The SMILES string of the molecule is CCNC(Cc1c(Br)c(C)nn1C)c1cc(Br)ccc1I. The molecule has 1 heterocycles. The highest BCUT2D eigenvalue weighted by atomic mass is 127. The quantitative estimate of drug-likeness (QED) is 0.570. The monoisotopic (exact) mass is 525 g/mol. The number of nitrogens with one attached hydrogen (secondary N) is 1. The van der Waals surface area contributed by atoms with Crippen molar-refractivity contribution in [2.24, 2.45) is 7.05 Å². The van der Waals surface area contributed by atoms with Crippen molar-refractivity contribution in [2.75, 3.05) is 6.54 Å². The van der Waals surface area contributed by atoms with E-state index in [-0.39, 0.29) is 6.04 Å². The van der Waals surface area contributed by atoms with Crippen LogP contribution in [0.2, 0.25) is 0 Å². The summed E-state index contributed by atoms with van der Waals surface area (Å²) in [5, 5.41) is 8.08. The first-order chi connectivity index (χ1) is 9.93. The van der Waals surface area contributed by atoms with E-state index in [4.69, 9.17) is 0 Å². The van der Waals surface area contributed by atoms with Gasteiger partial charge >= 0.3 is 0 Å². The van der Waals surface area contributed by atoms with Crippen LogP contribution in [-0.4, -0.2) is 16.3 Å². The molecule has 0 saturated heterocycles. The maximum atomic E-state index is 4.49. The van der Waals surface area contributed by atoms with Crippen LogP contribution in [0.15, 0.2) is 27.1 Å². The Balaban J connectivity index is 2.37. The zero-order chi connectivity index (χ0) is 15.6. The Kier molecular flexibility index (Phi) is 6.28. The zero-order valence-electron chi connectivity index (χ0n) is 12.3. The average Bonchev–Trinajstić information content (AvgIpc) is 2.67. The summed E-state index contributed by atoms with van der Waals surface area (Å²) in [6.07, 6.45) is 0.901. The molecule has 2 rings (SSSR count). The van der Waals surface area contributed by atoms with Crippen LogP contribution in [0.4, 0.5) is 0 Å². The van der Waals surface area contributed by atoms with Gasteiger partial charge in [-0.25, -0.2) is 0 Å². The summed E-state index contributed by atoms with van der Waals surface area (Å²) in [4.78, 5) is 0. The van der Waals surface area contributed by atoms with E-state index < -0.39 is 0 Å². The number of rotatable bonds is 5. The van der Waals surface area contributed by atoms with Gasteiger partial charge < -0.3 is 5.32 Å². The lowest BCUT2D eigenvalue weighted by atomic mass is 10.0. The Labute approximate surface area is 156 Å².